The van der Waals surface area contributed by atoms with Crippen LogP contribution in [0.15, 0.2) is 54.3 Å². The molecule has 2 unspecified atom stereocenters. The Labute approximate surface area is 192 Å². The van der Waals surface area contributed by atoms with Gasteiger partial charge in [-0.3, -0.25) is 4.90 Å². The summed E-state index contributed by atoms with van der Waals surface area (Å²) >= 11 is 0. The molecule has 0 amide bonds. The van der Waals surface area contributed by atoms with Crippen molar-refractivity contribution in [2.45, 2.75) is 63.8 Å². The second-order valence-electron chi connectivity index (χ2n) is 10.4. The zero-order chi connectivity index (χ0) is 23.1. The second-order valence-corrected chi connectivity index (χ2v) is 10.4. The molecule has 1 fully saturated rings. The van der Waals surface area contributed by atoms with Gasteiger partial charge in [0.15, 0.2) is 0 Å². The number of carbonyl (C=O) groups excluding carboxylic acids is 1. The van der Waals surface area contributed by atoms with Crippen LogP contribution in [-0.4, -0.2) is 37.6 Å². The van der Waals surface area contributed by atoms with E-state index in [0.29, 0.717) is 5.56 Å². The number of likely N-dealkylation sites (N-methyl/N-ethyl adjacent to an activating group) is 1. The van der Waals surface area contributed by atoms with Gasteiger partial charge in [0.1, 0.15) is 11.5 Å². The summed E-state index contributed by atoms with van der Waals surface area (Å²) in [5.74, 6) is 1.44. The monoisotopic (exact) mass is 433 g/mol. The molecule has 32 heavy (non-hydrogen) atoms. The maximum Gasteiger partial charge on any atom is 0.343 e. The van der Waals surface area contributed by atoms with Crippen LogP contribution >= 0.6 is 0 Å². The van der Waals surface area contributed by atoms with Crippen molar-refractivity contribution in [3.63, 3.8) is 0 Å². The Balaban J connectivity index is 1.55. The molecule has 2 aromatic rings. The van der Waals surface area contributed by atoms with Gasteiger partial charge in [-0.2, -0.15) is 0 Å². The number of fused-ring (bicyclic) bond motifs is 1. The van der Waals surface area contributed by atoms with E-state index in [0.717, 1.165) is 42.9 Å². The molecule has 0 aromatic heterocycles. The molecule has 2 aliphatic rings. The van der Waals surface area contributed by atoms with Crippen LogP contribution in [0.25, 0.3) is 0 Å². The molecule has 2 atom stereocenters. The minimum atomic E-state index is -0.273. The second kappa shape index (κ2) is 8.40. The Hall–Kier alpha value is -2.59. The molecule has 0 radical (unpaired) electrons. The van der Waals surface area contributed by atoms with Crippen molar-refractivity contribution in [2.75, 3.05) is 20.7 Å². The number of likely N-dealkylation sites (tertiary alicyclic amines) is 1. The van der Waals surface area contributed by atoms with E-state index in [-0.39, 0.29) is 22.8 Å². The lowest BCUT2D eigenvalue weighted by Gasteiger charge is -2.40. The van der Waals surface area contributed by atoms with E-state index >= 15 is 0 Å². The third kappa shape index (κ3) is 4.09. The highest BCUT2D eigenvalue weighted by Crippen LogP contribution is 2.48. The minimum Gasteiger partial charge on any atom is -0.496 e. The molecule has 4 heteroatoms. The fourth-order valence-corrected chi connectivity index (χ4v) is 5.27. The highest BCUT2D eigenvalue weighted by atomic mass is 16.5. The van der Waals surface area contributed by atoms with Crippen molar-refractivity contribution in [3.8, 4) is 5.75 Å². The van der Waals surface area contributed by atoms with Crippen LogP contribution in [0.5, 0.6) is 5.75 Å². The standard InChI is InChI=1S/C28H35NO3/c1-19-17-22(11-12-24(19)31-6)28-14-13-23(18-25(28)29(5)16-15-28)32-26(30)20-7-9-21(10-8-20)27(2,3)4/h7-12,17-18,25H,13-16H2,1-6H3. The van der Waals surface area contributed by atoms with Crippen LogP contribution in [0.3, 0.4) is 0 Å². The average Bonchev–Trinajstić information content (AvgIpc) is 3.10. The van der Waals surface area contributed by atoms with E-state index in [1.807, 2.05) is 24.3 Å². The number of hydrogen-bond donors (Lipinski definition) is 0. The number of ether oxygens (including phenoxy) is 2. The van der Waals surface area contributed by atoms with Gasteiger partial charge in [0, 0.05) is 17.9 Å². The molecule has 0 bridgehead atoms. The third-order valence-electron chi connectivity index (χ3n) is 7.29. The molecule has 1 aliphatic carbocycles. The molecule has 1 aliphatic heterocycles. The molecule has 0 saturated carbocycles. The fourth-order valence-electron chi connectivity index (χ4n) is 5.27. The first-order valence-corrected chi connectivity index (χ1v) is 11.5. The number of benzene rings is 2. The van der Waals surface area contributed by atoms with Gasteiger partial charge in [0.2, 0.25) is 0 Å². The largest absolute Gasteiger partial charge is 0.496 e. The minimum absolute atomic E-state index is 0.0516. The van der Waals surface area contributed by atoms with Gasteiger partial charge >= 0.3 is 5.97 Å². The van der Waals surface area contributed by atoms with Gasteiger partial charge in [-0.05, 0) is 79.7 Å². The van der Waals surface area contributed by atoms with Crippen molar-refractivity contribution in [1.82, 2.24) is 4.90 Å². The van der Waals surface area contributed by atoms with Gasteiger partial charge in [0.05, 0.1) is 12.7 Å². The quantitative estimate of drug-likeness (QED) is 0.573. The summed E-state index contributed by atoms with van der Waals surface area (Å²) in [6.07, 6.45) is 5.01. The van der Waals surface area contributed by atoms with Crippen LogP contribution in [0.4, 0.5) is 0 Å². The molecule has 4 nitrogen and oxygen atoms in total. The first kappa shape index (κ1) is 22.6. The molecular weight excluding hydrogens is 398 g/mol. The van der Waals surface area contributed by atoms with Crippen molar-refractivity contribution < 1.29 is 14.3 Å². The summed E-state index contributed by atoms with van der Waals surface area (Å²) in [5, 5.41) is 0. The number of hydrogen-bond acceptors (Lipinski definition) is 4. The molecule has 2 aromatic carbocycles. The normalized spacial score (nSPS) is 23.4. The Morgan fingerprint density at radius 2 is 1.81 bits per heavy atom. The number of allylic oxidation sites excluding steroid dienone is 1. The predicted octanol–water partition coefficient (Wildman–Crippen LogP) is 5.78. The fraction of sp³-hybridized carbons (Fsp3) is 0.464. The summed E-state index contributed by atoms with van der Waals surface area (Å²) < 4.78 is 11.3. The molecule has 1 saturated heterocycles. The number of rotatable bonds is 4. The lowest BCUT2D eigenvalue weighted by molar-refractivity contribution is 0.0593. The number of esters is 1. The van der Waals surface area contributed by atoms with E-state index < -0.39 is 0 Å². The molecule has 0 spiro atoms. The summed E-state index contributed by atoms with van der Waals surface area (Å²) in [5.41, 5.74) is 4.43. The van der Waals surface area contributed by atoms with Crippen LogP contribution < -0.4 is 4.74 Å². The third-order valence-corrected chi connectivity index (χ3v) is 7.29. The molecule has 0 N–H and O–H groups in total. The number of aryl methyl sites for hydroxylation is 1. The summed E-state index contributed by atoms with van der Waals surface area (Å²) in [4.78, 5) is 15.2. The number of carbonyl (C=O) groups is 1. The lowest BCUT2D eigenvalue weighted by Crippen LogP contribution is -2.42. The molecule has 170 valence electrons. The lowest BCUT2D eigenvalue weighted by atomic mass is 9.68. The van der Waals surface area contributed by atoms with E-state index in [4.69, 9.17) is 9.47 Å². The van der Waals surface area contributed by atoms with Crippen LogP contribution in [0.2, 0.25) is 0 Å². The highest BCUT2D eigenvalue weighted by Gasteiger charge is 2.48. The number of methoxy groups -OCH3 is 1. The van der Waals surface area contributed by atoms with E-state index in [9.17, 15) is 4.79 Å². The Kier molecular flexibility index (Phi) is 5.93. The Morgan fingerprint density at radius 3 is 2.44 bits per heavy atom. The first-order valence-electron chi connectivity index (χ1n) is 11.5. The smallest absolute Gasteiger partial charge is 0.343 e. The summed E-state index contributed by atoms with van der Waals surface area (Å²) in [6.45, 7) is 9.64. The maximum absolute atomic E-state index is 12.8. The first-order chi connectivity index (χ1) is 15.1. The SMILES string of the molecule is COc1ccc(C23CCC(OC(=O)c4ccc(C(C)(C)C)cc4)=CC2N(C)CC3)cc1C. The van der Waals surface area contributed by atoms with Gasteiger partial charge < -0.3 is 9.47 Å². The molecule has 1 heterocycles. The van der Waals surface area contributed by atoms with Crippen molar-refractivity contribution in [1.29, 1.82) is 0 Å². The van der Waals surface area contributed by atoms with Gasteiger partial charge in [-0.25, -0.2) is 4.79 Å². The average molecular weight is 434 g/mol. The van der Waals surface area contributed by atoms with Gasteiger partial charge in [0.25, 0.3) is 0 Å². The van der Waals surface area contributed by atoms with Gasteiger partial charge in [-0.1, -0.05) is 45.0 Å². The summed E-state index contributed by atoms with van der Waals surface area (Å²) in [7, 11) is 3.88. The van der Waals surface area contributed by atoms with Gasteiger partial charge in [-0.15, -0.1) is 0 Å². The van der Waals surface area contributed by atoms with Crippen LogP contribution in [0, 0.1) is 6.92 Å². The zero-order valence-corrected chi connectivity index (χ0v) is 20.2. The Bertz CT molecular complexity index is 1030. The van der Waals surface area contributed by atoms with E-state index in [1.54, 1.807) is 7.11 Å². The Morgan fingerprint density at radius 1 is 1.09 bits per heavy atom. The number of nitrogens with zero attached hydrogens (tertiary/aromatic N) is 1. The van der Waals surface area contributed by atoms with E-state index in [2.05, 4.69) is 63.9 Å². The van der Waals surface area contributed by atoms with Crippen LogP contribution in [-0.2, 0) is 15.6 Å². The van der Waals surface area contributed by atoms with Crippen molar-refractivity contribution >= 4 is 5.97 Å². The molecule has 4 rings (SSSR count). The zero-order valence-electron chi connectivity index (χ0n) is 20.2. The van der Waals surface area contributed by atoms with Crippen molar-refractivity contribution in [2.24, 2.45) is 0 Å². The highest BCUT2D eigenvalue weighted by molar-refractivity contribution is 5.90. The topological polar surface area (TPSA) is 38.8 Å². The predicted molar refractivity (Wildman–Crippen MR) is 128 cm³/mol. The molecular formula is C28H35NO3. The van der Waals surface area contributed by atoms with Crippen LogP contribution in [0.1, 0.15) is 67.1 Å². The van der Waals surface area contributed by atoms with Crippen molar-refractivity contribution in [3.05, 3.63) is 76.6 Å². The maximum atomic E-state index is 12.8. The summed E-state index contributed by atoms with van der Waals surface area (Å²) in [6, 6.07) is 14.6. The van der Waals surface area contributed by atoms with E-state index in [1.165, 1.54) is 11.1 Å².